The molecule has 0 fully saturated rings. The summed E-state index contributed by atoms with van der Waals surface area (Å²) < 4.78 is 18.8. The molecule has 5 heteroatoms. The Morgan fingerprint density at radius 2 is 1.90 bits per heavy atom. The highest BCUT2D eigenvalue weighted by molar-refractivity contribution is 6.08. The van der Waals surface area contributed by atoms with Crippen molar-refractivity contribution in [3.8, 4) is 5.75 Å². The normalized spacial score (nSPS) is 10.1. The van der Waals surface area contributed by atoms with Gasteiger partial charge in [-0.05, 0) is 31.2 Å². The van der Waals surface area contributed by atoms with Crippen molar-refractivity contribution in [1.29, 1.82) is 0 Å². The fourth-order valence-corrected chi connectivity index (χ4v) is 1.98. The Morgan fingerprint density at radius 1 is 1.14 bits per heavy atom. The average molecular weight is 288 g/mol. The Kier molecular flexibility index (Phi) is 4.42. The van der Waals surface area contributed by atoms with Crippen molar-refractivity contribution in [3.05, 3.63) is 53.3 Å². The molecule has 0 heterocycles. The molecule has 0 radical (unpaired) electrons. The minimum absolute atomic E-state index is 0.0860. The quantitative estimate of drug-likeness (QED) is 0.906. The first-order valence-corrected chi connectivity index (χ1v) is 6.48. The standard InChI is InChI=1S/C16H17FN2O2/c1-10-4-7-14(18-2)12(8-10)16(20)19-15-9-11(21-3)5-6-13(15)17/h4-9,18H,1-3H3,(H,19,20). The molecule has 21 heavy (non-hydrogen) atoms. The minimum atomic E-state index is -0.511. The molecule has 0 atom stereocenters. The molecule has 2 aromatic rings. The van der Waals surface area contributed by atoms with Crippen molar-refractivity contribution in [2.75, 3.05) is 24.8 Å². The van der Waals surface area contributed by atoms with Gasteiger partial charge in [-0.3, -0.25) is 4.79 Å². The van der Waals surface area contributed by atoms with Crippen LogP contribution in [0, 0.1) is 12.7 Å². The SMILES string of the molecule is CNc1ccc(C)cc1C(=O)Nc1cc(OC)ccc1F. The van der Waals surface area contributed by atoms with E-state index >= 15 is 0 Å². The number of rotatable bonds is 4. The second-order valence-corrected chi connectivity index (χ2v) is 4.60. The van der Waals surface area contributed by atoms with E-state index in [2.05, 4.69) is 10.6 Å². The lowest BCUT2D eigenvalue weighted by Crippen LogP contribution is -2.15. The highest BCUT2D eigenvalue weighted by atomic mass is 19.1. The molecule has 2 aromatic carbocycles. The van der Waals surface area contributed by atoms with E-state index in [-0.39, 0.29) is 11.6 Å². The number of carbonyl (C=O) groups excluding carboxylic acids is 1. The zero-order chi connectivity index (χ0) is 15.4. The number of methoxy groups -OCH3 is 1. The topological polar surface area (TPSA) is 50.4 Å². The molecule has 0 aromatic heterocycles. The molecular formula is C16H17FN2O2. The van der Waals surface area contributed by atoms with Crippen molar-refractivity contribution in [2.24, 2.45) is 0 Å². The number of anilines is 2. The molecule has 0 bridgehead atoms. The maximum Gasteiger partial charge on any atom is 0.257 e. The molecule has 0 saturated heterocycles. The molecule has 0 aliphatic rings. The number of hydrogen-bond acceptors (Lipinski definition) is 3. The highest BCUT2D eigenvalue weighted by Gasteiger charge is 2.14. The fourth-order valence-electron chi connectivity index (χ4n) is 1.98. The zero-order valence-electron chi connectivity index (χ0n) is 12.2. The van der Waals surface area contributed by atoms with Gasteiger partial charge < -0.3 is 15.4 Å². The molecule has 0 saturated carbocycles. The van der Waals surface area contributed by atoms with Crippen LogP contribution in [0.25, 0.3) is 0 Å². The van der Waals surface area contributed by atoms with E-state index in [1.165, 1.54) is 25.3 Å². The van der Waals surface area contributed by atoms with Crippen molar-refractivity contribution in [3.63, 3.8) is 0 Å². The predicted molar refractivity (Wildman–Crippen MR) is 81.6 cm³/mol. The Hall–Kier alpha value is -2.56. The lowest BCUT2D eigenvalue weighted by Gasteiger charge is -2.12. The first kappa shape index (κ1) is 14.8. The smallest absolute Gasteiger partial charge is 0.257 e. The molecule has 0 aliphatic heterocycles. The van der Waals surface area contributed by atoms with Crippen molar-refractivity contribution in [1.82, 2.24) is 0 Å². The van der Waals surface area contributed by atoms with Crippen molar-refractivity contribution < 1.29 is 13.9 Å². The summed E-state index contributed by atoms with van der Waals surface area (Å²) in [5.74, 6) is -0.414. The summed E-state index contributed by atoms with van der Waals surface area (Å²) in [6.07, 6.45) is 0. The van der Waals surface area contributed by atoms with Gasteiger partial charge in [-0.15, -0.1) is 0 Å². The van der Waals surface area contributed by atoms with Gasteiger partial charge >= 0.3 is 0 Å². The number of carbonyl (C=O) groups is 1. The van der Waals surface area contributed by atoms with E-state index in [0.717, 1.165) is 5.56 Å². The molecule has 110 valence electrons. The summed E-state index contributed by atoms with van der Waals surface area (Å²) in [4.78, 5) is 12.3. The van der Waals surface area contributed by atoms with Crippen LogP contribution in [0.15, 0.2) is 36.4 Å². The first-order chi connectivity index (χ1) is 10.0. The van der Waals surface area contributed by atoms with Gasteiger partial charge in [0.05, 0.1) is 18.4 Å². The second kappa shape index (κ2) is 6.26. The number of amides is 1. The van der Waals surface area contributed by atoms with Crippen LogP contribution in [0.1, 0.15) is 15.9 Å². The number of benzene rings is 2. The molecule has 0 spiro atoms. The monoisotopic (exact) mass is 288 g/mol. The third kappa shape index (κ3) is 3.31. The van der Waals surface area contributed by atoms with Gasteiger partial charge in [0, 0.05) is 18.8 Å². The first-order valence-electron chi connectivity index (χ1n) is 6.48. The maximum absolute atomic E-state index is 13.8. The van der Waals surface area contributed by atoms with Crippen LogP contribution in [-0.4, -0.2) is 20.1 Å². The van der Waals surface area contributed by atoms with Gasteiger partial charge in [0.2, 0.25) is 0 Å². The van der Waals surface area contributed by atoms with Gasteiger partial charge in [0.1, 0.15) is 11.6 Å². The highest BCUT2D eigenvalue weighted by Crippen LogP contribution is 2.23. The maximum atomic E-state index is 13.8. The molecule has 0 aliphatic carbocycles. The van der Waals surface area contributed by atoms with Crippen LogP contribution >= 0.6 is 0 Å². The third-order valence-electron chi connectivity index (χ3n) is 3.11. The van der Waals surface area contributed by atoms with E-state index in [0.29, 0.717) is 17.0 Å². The van der Waals surface area contributed by atoms with Gasteiger partial charge in [-0.25, -0.2) is 4.39 Å². The molecular weight excluding hydrogens is 271 g/mol. The van der Waals surface area contributed by atoms with Crippen molar-refractivity contribution >= 4 is 17.3 Å². The van der Waals surface area contributed by atoms with E-state index in [1.54, 1.807) is 13.1 Å². The van der Waals surface area contributed by atoms with Gasteiger partial charge in [0.15, 0.2) is 0 Å². The molecule has 1 amide bonds. The summed E-state index contributed by atoms with van der Waals surface area (Å²) in [6, 6.07) is 9.66. The zero-order valence-corrected chi connectivity index (χ0v) is 12.2. The van der Waals surface area contributed by atoms with Crippen LogP contribution in [0.2, 0.25) is 0 Å². The summed E-state index contributed by atoms with van der Waals surface area (Å²) >= 11 is 0. The number of ether oxygens (including phenoxy) is 1. The Labute approximate surface area is 122 Å². The minimum Gasteiger partial charge on any atom is -0.497 e. The molecule has 2 rings (SSSR count). The summed E-state index contributed by atoms with van der Waals surface area (Å²) in [5.41, 5.74) is 2.18. The summed E-state index contributed by atoms with van der Waals surface area (Å²) in [7, 11) is 3.21. The number of halogens is 1. The average Bonchev–Trinajstić information content (AvgIpc) is 2.49. The molecule has 2 N–H and O–H groups in total. The Bertz CT molecular complexity index is 671. The lowest BCUT2D eigenvalue weighted by molar-refractivity contribution is 0.102. The number of nitrogens with one attached hydrogen (secondary N) is 2. The van der Waals surface area contributed by atoms with Crippen LogP contribution in [0.3, 0.4) is 0 Å². The molecule has 0 unspecified atom stereocenters. The fraction of sp³-hybridized carbons (Fsp3) is 0.188. The van der Waals surface area contributed by atoms with Gasteiger partial charge in [-0.1, -0.05) is 11.6 Å². The van der Waals surface area contributed by atoms with Crippen LogP contribution < -0.4 is 15.4 Å². The van der Waals surface area contributed by atoms with Gasteiger partial charge in [-0.2, -0.15) is 0 Å². The van der Waals surface area contributed by atoms with E-state index < -0.39 is 5.82 Å². The lowest BCUT2D eigenvalue weighted by atomic mass is 10.1. The number of aryl methyl sites for hydroxylation is 1. The van der Waals surface area contributed by atoms with Crippen LogP contribution in [0.5, 0.6) is 5.75 Å². The summed E-state index contributed by atoms with van der Waals surface area (Å²) in [6.45, 7) is 1.89. The Morgan fingerprint density at radius 3 is 2.57 bits per heavy atom. The van der Waals surface area contributed by atoms with E-state index in [9.17, 15) is 9.18 Å². The van der Waals surface area contributed by atoms with Crippen molar-refractivity contribution in [2.45, 2.75) is 6.92 Å². The van der Waals surface area contributed by atoms with Gasteiger partial charge in [0.25, 0.3) is 5.91 Å². The van der Waals surface area contributed by atoms with E-state index in [4.69, 9.17) is 4.74 Å². The Balaban J connectivity index is 2.32. The largest absolute Gasteiger partial charge is 0.497 e. The predicted octanol–water partition coefficient (Wildman–Crippen LogP) is 3.44. The van der Waals surface area contributed by atoms with Crippen LogP contribution in [-0.2, 0) is 0 Å². The summed E-state index contributed by atoms with van der Waals surface area (Å²) in [5, 5.41) is 5.52. The third-order valence-corrected chi connectivity index (χ3v) is 3.11. The van der Waals surface area contributed by atoms with E-state index in [1.807, 2.05) is 19.1 Å². The number of hydrogen-bond donors (Lipinski definition) is 2. The van der Waals surface area contributed by atoms with Crippen LogP contribution in [0.4, 0.5) is 15.8 Å². The second-order valence-electron chi connectivity index (χ2n) is 4.60. The molecule has 4 nitrogen and oxygen atoms in total.